The Morgan fingerprint density at radius 1 is 0.655 bits per heavy atom. The topological polar surface area (TPSA) is 35.9 Å². The number of nitrogens with two attached hydrogens (primary N) is 1. The molecule has 0 radical (unpaired) electrons. The minimum atomic E-state index is 0.639. The van der Waals surface area contributed by atoms with Gasteiger partial charge in [0.25, 0.3) is 0 Å². The predicted octanol–water partition coefficient (Wildman–Crippen LogP) is 4.92. The molecule has 0 amide bonds. The van der Waals surface area contributed by atoms with Crippen LogP contribution in [-0.4, -0.2) is 9.13 Å². The summed E-state index contributed by atoms with van der Waals surface area (Å²) in [5.41, 5.74) is 10.5. The molecule has 0 aliphatic rings. The van der Waals surface area contributed by atoms with Crippen LogP contribution in [0.15, 0.2) is 97.3 Å². The zero-order chi connectivity index (χ0) is 20.5. The van der Waals surface area contributed by atoms with Gasteiger partial charge in [-0.05, 0) is 12.5 Å². The molecule has 0 aliphatic heterocycles. The van der Waals surface area contributed by atoms with Gasteiger partial charge in [-0.25, -0.2) is 0 Å². The van der Waals surface area contributed by atoms with Gasteiger partial charge in [-0.1, -0.05) is 29.8 Å². The number of aromatic nitrogens is 2. The van der Waals surface area contributed by atoms with Gasteiger partial charge in [0, 0.05) is 6.54 Å². The average molecular weight is 565 g/mol. The van der Waals surface area contributed by atoms with Crippen molar-refractivity contribution in [2.45, 2.75) is 26.6 Å². The summed E-state index contributed by atoms with van der Waals surface area (Å²) >= 11 is 2.40. The Balaban J connectivity index is 0.000000224. The quantitative estimate of drug-likeness (QED) is 0.367. The normalized spacial score (nSPS) is 10.3. The molecule has 3 aromatic carbocycles. The molecule has 0 atom stereocenters. The third kappa shape index (κ3) is 6.52. The molecular weight excluding hydrogens is 537 g/mol. The monoisotopic (exact) mass is 564 g/mol. The van der Waals surface area contributed by atoms with Crippen LogP contribution in [0.2, 0.25) is 0 Å². The van der Waals surface area contributed by atoms with Gasteiger partial charge >= 0.3 is 130 Å². The molecular formula is C25H27N3Pt. The third-order valence-corrected chi connectivity index (χ3v) is 5.92. The maximum atomic E-state index is 5.40. The average Bonchev–Trinajstić information content (AvgIpc) is 3.10. The summed E-state index contributed by atoms with van der Waals surface area (Å²) in [4.78, 5) is 0. The Hall–Kier alpha value is -2.48. The van der Waals surface area contributed by atoms with E-state index >= 15 is 0 Å². The van der Waals surface area contributed by atoms with Gasteiger partial charge in [0.2, 0.25) is 0 Å². The van der Waals surface area contributed by atoms with E-state index in [1.807, 2.05) is 0 Å². The Labute approximate surface area is 183 Å². The van der Waals surface area contributed by atoms with Crippen molar-refractivity contribution in [2.75, 3.05) is 0 Å². The molecule has 0 aliphatic carbocycles. The van der Waals surface area contributed by atoms with E-state index in [4.69, 9.17) is 5.73 Å². The minimum absolute atomic E-state index is 0.639. The first-order valence-electron chi connectivity index (χ1n) is 9.70. The summed E-state index contributed by atoms with van der Waals surface area (Å²) in [6.45, 7) is 4.55. The van der Waals surface area contributed by atoms with Crippen molar-refractivity contribution in [2.24, 2.45) is 5.73 Å². The molecule has 0 saturated heterocycles. The second-order valence-corrected chi connectivity index (χ2v) is 7.97. The second-order valence-electron chi connectivity index (χ2n) is 6.96. The first-order chi connectivity index (χ1) is 14.2. The van der Waals surface area contributed by atoms with Gasteiger partial charge in [0.05, 0.1) is 0 Å². The van der Waals surface area contributed by atoms with Crippen molar-refractivity contribution in [3.05, 3.63) is 123 Å². The van der Waals surface area contributed by atoms with Crippen LogP contribution in [0.4, 0.5) is 0 Å². The molecule has 0 unspecified atom stereocenters. The molecule has 4 rings (SSSR count). The van der Waals surface area contributed by atoms with Crippen molar-refractivity contribution in [3.8, 4) is 0 Å². The molecule has 0 saturated carbocycles. The fourth-order valence-corrected chi connectivity index (χ4v) is 3.65. The summed E-state index contributed by atoms with van der Waals surface area (Å²) in [7, 11) is 0. The Morgan fingerprint density at radius 2 is 1.10 bits per heavy atom. The van der Waals surface area contributed by atoms with Crippen LogP contribution in [0.5, 0.6) is 0 Å². The van der Waals surface area contributed by atoms with Crippen molar-refractivity contribution >= 4 is 0 Å². The number of benzene rings is 3. The standard InChI is InChI=1S/C17H16N2.C8H11N.Pt/c1-3-7-16(8-4-1)13-18-11-12-19(15-18)14-17-9-5-2-6-10-17;1-7-2-4-8(6-9)5-3-7;/h1-12H,13-14H2;2-5H,6,9H2,1H3;. The molecule has 0 fully saturated rings. The Bertz CT molecular complexity index is 987. The van der Waals surface area contributed by atoms with Crippen molar-refractivity contribution in [1.82, 2.24) is 9.13 Å². The van der Waals surface area contributed by atoms with E-state index < -0.39 is 0 Å². The van der Waals surface area contributed by atoms with Crippen LogP contribution < -0.4 is 5.73 Å². The summed E-state index contributed by atoms with van der Waals surface area (Å²) < 4.78 is 5.80. The molecule has 1 aromatic heterocycles. The predicted molar refractivity (Wildman–Crippen MR) is 116 cm³/mol. The van der Waals surface area contributed by atoms with E-state index in [-0.39, 0.29) is 0 Å². The van der Waals surface area contributed by atoms with E-state index in [0.717, 1.165) is 13.1 Å². The van der Waals surface area contributed by atoms with E-state index in [9.17, 15) is 0 Å². The van der Waals surface area contributed by atoms with Gasteiger partial charge in [-0.15, -0.1) is 0 Å². The third-order valence-electron chi connectivity index (χ3n) is 4.61. The van der Waals surface area contributed by atoms with Gasteiger partial charge in [0.1, 0.15) is 0 Å². The van der Waals surface area contributed by atoms with Crippen molar-refractivity contribution < 1.29 is 19.4 Å². The molecule has 2 N–H and O–H groups in total. The molecule has 4 heteroatoms. The Morgan fingerprint density at radius 3 is 1.52 bits per heavy atom. The maximum absolute atomic E-state index is 5.40. The number of imidazole rings is 1. The zero-order valence-electron chi connectivity index (χ0n) is 16.6. The summed E-state index contributed by atoms with van der Waals surface area (Å²) in [6, 6.07) is 29.4. The van der Waals surface area contributed by atoms with E-state index in [1.54, 1.807) is 0 Å². The van der Waals surface area contributed by atoms with Crippen molar-refractivity contribution in [3.63, 3.8) is 0 Å². The van der Waals surface area contributed by atoms with Gasteiger partial charge < -0.3 is 5.73 Å². The van der Waals surface area contributed by atoms with Gasteiger partial charge in [-0.2, -0.15) is 0 Å². The fourth-order valence-electron chi connectivity index (χ4n) is 2.95. The molecule has 0 spiro atoms. The second kappa shape index (κ2) is 10.9. The molecule has 152 valence electrons. The van der Waals surface area contributed by atoms with Crippen LogP contribution in [0.1, 0.15) is 22.3 Å². The van der Waals surface area contributed by atoms with E-state index in [0.29, 0.717) is 6.54 Å². The SMILES string of the molecule is Cc1ccc(CN)cc1.[Pt]=[c]1n(Cc2ccccc2)ccn1Cc1ccccc1. The number of hydrogen-bond donors (Lipinski definition) is 1. The first kappa shape index (κ1) is 21.2. The summed E-state index contributed by atoms with van der Waals surface area (Å²) in [5.74, 6) is 0. The van der Waals surface area contributed by atoms with Gasteiger partial charge in [0.15, 0.2) is 0 Å². The van der Waals surface area contributed by atoms with E-state index in [2.05, 4.69) is 133 Å². The number of nitrogens with zero attached hydrogens (tertiary/aromatic N) is 2. The summed E-state index contributed by atoms with van der Waals surface area (Å²) in [5, 5.41) is 0. The molecule has 0 bridgehead atoms. The zero-order valence-corrected chi connectivity index (χ0v) is 18.9. The molecule has 1 heterocycles. The van der Waals surface area contributed by atoms with Crippen LogP contribution in [0, 0.1) is 10.7 Å². The molecule has 4 aromatic rings. The van der Waals surface area contributed by atoms with Crippen LogP contribution >= 0.6 is 0 Å². The molecule has 29 heavy (non-hydrogen) atoms. The Kier molecular flexibility index (Phi) is 7.98. The van der Waals surface area contributed by atoms with Crippen molar-refractivity contribution in [1.29, 1.82) is 0 Å². The van der Waals surface area contributed by atoms with Crippen LogP contribution in [-0.2, 0) is 39.0 Å². The number of hydrogen-bond acceptors (Lipinski definition) is 1. The fraction of sp³-hybridized carbons (Fsp3) is 0.160. The van der Waals surface area contributed by atoms with Crippen LogP contribution in [0.25, 0.3) is 0 Å². The number of rotatable bonds is 5. The van der Waals surface area contributed by atoms with Crippen LogP contribution in [0.3, 0.4) is 0 Å². The van der Waals surface area contributed by atoms with Gasteiger partial charge in [-0.3, -0.25) is 0 Å². The first-order valence-corrected chi connectivity index (χ1v) is 10.8. The summed E-state index contributed by atoms with van der Waals surface area (Å²) in [6.07, 6.45) is 4.30. The number of aryl methyl sites for hydroxylation is 1. The van der Waals surface area contributed by atoms with E-state index in [1.165, 1.54) is 26.1 Å². The molecule has 3 nitrogen and oxygen atoms in total.